The Balaban J connectivity index is 2.12. The fourth-order valence-corrected chi connectivity index (χ4v) is 2.58. The zero-order valence-corrected chi connectivity index (χ0v) is 12.8. The number of primary amides is 1. The first kappa shape index (κ1) is 16.3. The molecule has 2 N–H and O–H groups in total. The van der Waals surface area contributed by atoms with Gasteiger partial charge in [-0.25, -0.2) is 4.98 Å². The number of rotatable bonds is 3. The van der Waals surface area contributed by atoms with Gasteiger partial charge in [0.15, 0.2) is 0 Å². The fraction of sp³-hybridized carbons (Fsp3) is 0.133. The van der Waals surface area contributed by atoms with Gasteiger partial charge in [0.2, 0.25) is 5.91 Å². The second-order valence-corrected chi connectivity index (χ2v) is 5.48. The number of pyridine rings is 2. The molecule has 0 aromatic carbocycles. The molecule has 0 bridgehead atoms. The Morgan fingerprint density at radius 1 is 1.33 bits per heavy atom. The minimum absolute atomic E-state index is 0.113. The summed E-state index contributed by atoms with van der Waals surface area (Å²) in [4.78, 5) is 18.9. The van der Waals surface area contributed by atoms with E-state index in [1.165, 1.54) is 29.1 Å². The minimum atomic E-state index is -4.54. The molecule has 5 nitrogen and oxygen atoms in total. The van der Waals surface area contributed by atoms with Crippen molar-refractivity contribution in [3.63, 3.8) is 0 Å². The van der Waals surface area contributed by atoms with Crippen LogP contribution in [0.15, 0.2) is 36.7 Å². The molecule has 24 heavy (non-hydrogen) atoms. The van der Waals surface area contributed by atoms with Crippen molar-refractivity contribution < 1.29 is 18.0 Å². The van der Waals surface area contributed by atoms with Crippen LogP contribution in [0, 0.1) is 0 Å². The van der Waals surface area contributed by atoms with E-state index in [9.17, 15) is 18.0 Å². The molecule has 0 spiro atoms. The molecule has 0 aliphatic heterocycles. The first-order valence-electron chi connectivity index (χ1n) is 6.73. The molecule has 124 valence electrons. The van der Waals surface area contributed by atoms with Gasteiger partial charge in [-0.1, -0.05) is 17.7 Å². The lowest BCUT2D eigenvalue weighted by atomic mass is 10.1. The number of nitrogens with zero attached hydrogens (tertiary/aromatic N) is 3. The highest BCUT2D eigenvalue weighted by Gasteiger charge is 2.32. The molecule has 0 radical (unpaired) electrons. The molecule has 0 saturated heterocycles. The lowest BCUT2D eigenvalue weighted by molar-refractivity contribution is -0.141. The van der Waals surface area contributed by atoms with E-state index in [-0.39, 0.29) is 12.2 Å². The average Bonchev–Trinajstić information content (AvgIpc) is 2.82. The molecular weight excluding hydrogens is 345 g/mol. The van der Waals surface area contributed by atoms with Crippen molar-refractivity contribution in [1.29, 1.82) is 0 Å². The zero-order chi connectivity index (χ0) is 17.5. The van der Waals surface area contributed by atoms with E-state index in [1.807, 2.05) is 0 Å². The van der Waals surface area contributed by atoms with Crippen molar-refractivity contribution in [2.24, 2.45) is 5.73 Å². The summed E-state index contributed by atoms with van der Waals surface area (Å²) in [6.07, 6.45) is -1.67. The fourth-order valence-electron chi connectivity index (χ4n) is 2.32. The molecule has 1 amide bonds. The number of carbonyl (C=O) groups excluding carboxylic acids is 1. The maximum Gasteiger partial charge on any atom is 0.433 e. The number of halogens is 4. The van der Waals surface area contributed by atoms with Gasteiger partial charge >= 0.3 is 6.18 Å². The third kappa shape index (κ3) is 3.05. The van der Waals surface area contributed by atoms with E-state index in [0.29, 0.717) is 21.6 Å². The molecule has 3 aromatic rings. The van der Waals surface area contributed by atoms with E-state index in [2.05, 4.69) is 9.97 Å². The lowest BCUT2D eigenvalue weighted by Crippen LogP contribution is -2.17. The highest BCUT2D eigenvalue weighted by molar-refractivity contribution is 6.35. The second-order valence-electron chi connectivity index (χ2n) is 5.07. The molecule has 0 atom stereocenters. The first-order chi connectivity index (χ1) is 11.3. The van der Waals surface area contributed by atoms with Crippen LogP contribution in [0.2, 0.25) is 5.02 Å². The molecule has 0 saturated carbocycles. The van der Waals surface area contributed by atoms with Gasteiger partial charge in [0, 0.05) is 18.0 Å². The van der Waals surface area contributed by atoms with Crippen LogP contribution in [-0.2, 0) is 17.5 Å². The number of alkyl halides is 3. The van der Waals surface area contributed by atoms with Crippen molar-refractivity contribution in [2.45, 2.75) is 12.7 Å². The molecular formula is C15H10ClF3N4O. The van der Waals surface area contributed by atoms with Gasteiger partial charge < -0.3 is 10.3 Å². The molecule has 3 heterocycles. The van der Waals surface area contributed by atoms with Gasteiger partial charge in [0.05, 0.1) is 16.2 Å². The zero-order valence-electron chi connectivity index (χ0n) is 12.0. The predicted molar refractivity (Wildman–Crippen MR) is 82.2 cm³/mol. The Bertz CT molecular complexity index is 936. The Labute approximate surface area is 138 Å². The molecule has 3 aromatic heterocycles. The smallest absolute Gasteiger partial charge is 0.368 e. The topological polar surface area (TPSA) is 73.8 Å². The number of carbonyl (C=O) groups is 1. The summed E-state index contributed by atoms with van der Waals surface area (Å²) in [5.74, 6) is -0.578. The number of nitrogens with two attached hydrogens (primary N) is 1. The summed E-state index contributed by atoms with van der Waals surface area (Å²) in [6.45, 7) is -0.121. The number of aromatic nitrogens is 3. The Kier molecular flexibility index (Phi) is 3.92. The molecule has 9 heteroatoms. The molecule has 0 fully saturated rings. The van der Waals surface area contributed by atoms with Crippen LogP contribution in [0.5, 0.6) is 0 Å². The van der Waals surface area contributed by atoms with Crippen molar-refractivity contribution in [3.05, 3.63) is 47.4 Å². The van der Waals surface area contributed by atoms with Crippen molar-refractivity contribution in [3.8, 4) is 11.3 Å². The number of amides is 1. The average molecular weight is 355 g/mol. The predicted octanol–water partition coefficient (Wildman–Crippen LogP) is 3.26. The van der Waals surface area contributed by atoms with E-state index >= 15 is 0 Å². The largest absolute Gasteiger partial charge is 0.433 e. The van der Waals surface area contributed by atoms with E-state index in [1.54, 1.807) is 6.07 Å². The minimum Gasteiger partial charge on any atom is -0.368 e. The van der Waals surface area contributed by atoms with Crippen LogP contribution in [-0.4, -0.2) is 20.4 Å². The third-order valence-corrected chi connectivity index (χ3v) is 3.61. The van der Waals surface area contributed by atoms with Crippen molar-refractivity contribution >= 4 is 28.5 Å². The van der Waals surface area contributed by atoms with E-state index in [4.69, 9.17) is 17.3 Å². The Hall–Kier alpha value is -2.61. The summed E-state index contributed by atoms with van der Waals surface area (Å²) >= 11 is 6.04. The standard InChI is InChI=1S/C15H10ClF3N4O/c16-9-6-23(7-13(20)24)11-4-8(5-21-14(9)11)10-2-1-3-12(22-10)15(17,18)19/h1-6H,7H2,(H2,20,24). The molecule has 0 aliphatic rings. The SMILES string of the molecule is NC(=O)Cn1cc(Cl)c2ncc(-c3cccc(C(F)(F)F)n3)cc21. The summed E-state index contributed by atoms with van der Waals surface area (Å²) in [6, 6.07) is 5.17. The lowest BCUT2D eigenvalue weighted by Gasteiger charge is -2.08. The number of fused-ring (bicyclic) bond motifs is 1. The normalized spacial score (nSPS) is 11.8. The van der Waals surface area contributed by atoms with Crippen LogP contribution in [0.25, 0.3) is 22.3 Å². The molecule has 0 unspecified atom stereocenters. The maximum atomic E-state index is 12.8. The van der Waals surface area contributed by atoms with Gasteiger partial charge in [-0.2, -0.15) is 13.2 Å². The van der Waals surface area contributed by atoms with Crippen molar-refractivity contribution in [2.75, 3.05) is 0 Å². The monoisotopic (exact) mass is 354 g/mol. The number of hydrogen-bond donors (Lipinski definition) is 1. The van der Waals surface area contributed by atoms with Crippen LogP contribution in [0.4, 0.5) is 13.2 Å². The summed E-state index contributed by atoms with van der Waals surface area (Å²) in [5.41, 5.74) is 5.58. The van der Waals surface area contributed by atoms with Crippen molar-refractivity contribution in [1.82, 2.24) is 14.5 Å². The summed E-state index contributed by atoms with van der Waals surface area (Å²) in [7, 11) is 0. The van der Waals surface area contributed by atoms with Gasteiger partial charge in [-0.3, -0.25) is 9.78 Å². The van der Waals surface area contributed by atoms with Gasteiger partial charge in [-0.05, 0) is 18.2 Å². The Morgan fingerprint density at radius 2 is 2.08 bits per heavy atom. The first-order valence-corrected chi connectivity index (χ1v) is 7.11. The third-order valence-electron chi connectivity index (χ3n) is 3.33. The van der Waals surface area contributed by atoms with Crippen LogP contribution in [0.3, 0.4) is 0 Å². The Morgan fingerprint density at radius 3 is 2.75 bits per heavy atom. The number of hydrogen-bond acceptors (Lipinski definition) is 3. The van der Waals surface area contributed by atoms with Crippen LogP contribution < -0.4 is 5.73 Å². The van der Waals surface area contributed by atoms with Crippen LogP contribution in [0.1, 0.15) is 5.69 Å². The van der Waals surface area contributed by atoms with E-state index < -0.39 is 17.8 Å². The van der Waals surface area contributed by atoms with Gasteiger partial charge in [0.25, 0.3) is 0 Å². The molecule has 0 aliphatic carbocycles. The highest BCUT2D eigenvalue weighted by atomic mass is 35.5. The highest BCUT2D eigenvalue weighted by Crippen LogP contribution is 2.31. The van der Waals surface area contributed by atoms with E-state index in [0.717, 1.165) is 6.07 Å². The summed E-state index contributed by atoms with van der Waals surface area (Å²) < 4.78 is 39.9. The van der Waals surface area contributed by atoms with Crippen LogP contribution >= 0.6 is 11.6 Å². The second kappa shape index (κ2) is 5.79. The maximum absolute atomic E-state index is 12.8. The van der Waals surface area contributed by atoms with Gasteiger partial charge in [-0.15, -0.1) is 0 Å². The van der Waals surface area contributed by atoms with Gasteiger partial charge in [0.1, 0.15) is 17.8 Å². The molecule has 3 rings (SSSR count). The quantitative estimate of drug-likeness (QED) is 0.784. The summed E-state index contributed by atoms with van der Waals surface area (Å²) in [5, 5.41) is 0.315.